The molecule has 86 valence electrons. The summed E-state index contributed by atoms with van der Waals surface area (Å²) in [4.78, 5) is 3.88. The summed E-state index contributed by atoms with van der Waals surface area (Å²) in [5.74, 6) is 5.13. The van der Waals surface area contributed by atoms with E-state index in [-0.39, 0.29) is 11.2 Å². The topological polar surface area (TPSA) is 50.9 Å². The Morgan fingerprint density at radius 1 is 1.38 bits per heavy atom. The Balaban J connectivity index is 2.78. The van der Waals surface area contributed by atoms with Gasteiger partial charge in [-0.1, -0.05) is 0 Å². The lowest BCUT2D eigenvalue weighted by Crippen LogP contribution is -2.10. The molecule has 0 unspecified atom stereocenters. The molecular formula is C9H8F3N3S. The highest BCUT2D eigenvalue weighted by molar-refractivity contribution is 7.18. The van der Waals surface area contributed by atoms with E-state index in [9.17, 15) is 13.2 Å². The summed E-state index contributed by atoms with van der Waals surface area (Å²) < 4.78 is 38.7. The minimum absolute atomic E-state index is 0.0194. The molecule has 0 atom stereocenters. The van der Waals surface area contributed by atoms with Crippen molar-refractivity contribution in [1.82, 2.24) is 4.98 Å². The van der Waals surface area contributed by atoms with Crippen LogP contribution in [0.15, 0.2) is 12.1 Å². The fourth-order valence-corrected chi connectivity index (χ4v) is 2.33. The lowest BCUT2D eigenvalue weighted by atomic mass is 10.1. The number of nitrogen functional groups attached to an aromatic ring is 1. The van der Waals surface area contributed by atoms with Gasteiger partial charge in [0.2, 0.25) is 0 Å². The fourth-order valence-electron chi connectivity index (χ4n) is 1.44. The van der Waals surface area contributed by atoms with E-state index in [1.807, 2.05) is 0 Å². The average molecular weight is 247 g/mol. The molecule has 0 bridgehead atoms. The number of hydrazine groups is 1. The van der Waals surface area contributed by atoms with Gasteiger partial charge in [0.15, 0.2) is 0 Å². The molecule has 1 aromatic carbocycles. The smallest absolute Gasteiger partial charge is 0.324 e. The van der Waals surface area contributed by atoms with Crippen LogP contribution in [0.25, 0.3) is 10.2 Å². The number of halogens is 3. The van der Waals surface area contributed by atoms with Crippen molar-refractivity contribution in [3.63, 3.8) is 0 Å². The van der Waals surface area contributed by atoms with Gasteiger partial charge in [-0.05, 0) is 19.1 Å². The highest BCUT2D eigenvalue weighted by atomic mass is 32.1. The first-order valence-corrected chi connectivity index (χ1v) is 5.18. The first-order valence-electron chi connectivity index (χ1n) is 4.37. The third-order valence-corrected chi connectivity index (χ3v) is 2.99. The number of thiazole rings is 1. The summed E-state index contributed by atoms with van der Waals surface area (Å²) >= 11 is 1.21. The molecule has 3 nitrogen and oxygen atoms in total. The first kappa shape index (κ1) is 11.2. The third kappa shape index (κ3) is 1.83. The Bertz CT molecular complexity index is 533. The maximum atomic E-state index is 12.7. The summed E-state index contributed by atoms with van der Waals surface area (Å²) in [6, 6.07) is 2.51. The number of rotatable bonds is 1. The van der Waals surface area contributed by atoms with E-state index in [0.717, 1.165) is 6.07 Å². The minimum atomic E-state index is -4.42. The number of nitrogens with zero attached hydrogens (tertiary/aromatic N) is 1. The molecule has 0 radical (unpaired) electrons. The van der Waals surface area contributed by atoms with Crippen LogP contribution in [0.3, 0.4) is 0 Å². The maximum Gasteiger partial charge on any atom is 0.418 e. The van der Waals surface area contributed by atoms with E-state index >= 15 is 0 Å². The number of nitrogens with two attached hydrogens (primary N) is 1. The minimum Gasteiger partial charge on any atom is -0.324 e. The van der Waals surface area contributed by atoms with E-state index in [1.54, 1.807) is 13.0 Å². The van der Waals surface area contributed by atoms with E-state index in [2.05, 4.69) is 10.4 Å². The standard InChI is InChI=1S/C9H8F3N3S/c1-4-14-8-6(9(10,11)12)2-5(15-13)3-7(8)16-4/h2-3,15H,13H2,1H3. The molecule has 0 aliphatic carbocycles. The molecule has 0 aliphatic heterocycles. The Labute approximate surface area is 93.1 Å². The van der Waals surface area contributed by atoms with E-state index in [0.29, 0.717) is 9.71 Å². The summed E-state index contributed by atoms with van der Waals surface area (Å²) in [5, 5.41) is 0.592. The predicted octanol–water partition coefficient (Wildman–Crippen LogP) is 2.91. The molecule has 7 heteroatoms. The molecule has 3 N–H and O–H groups in total. The van der Waals surface area contributed by atoms with Crippen LogP contribution >= 0.6 is 11.3 Å². The number of anilines is 1. The van der Waals surface area contributed by atoms with Crippen LogP contribution in [0.5, 0.6) is 0 Å². The normalized spacial score (nSPS) is 12.1. The van der Waals surface area contributed by atoms with Gasteiger partial charge < -0.3 is 5.43 Å². The van der Waals surface area contributed by atoms with Gasteiger partial charge >= 0.3 is 6.18 Å². The van der Waals surface area contributed by atoms with E-state index < -0.39 is 11.7 Å². The van der Waals surface area contributed by atoms with Crippen LogP contribution < -0.4 is 11.3 Å². The Morgan fingerprint density at radius 2 is 2.06 bits per heavy atom. The summed E-state index contributed by atoms with van der Waals surface area (Å²) in [7, 11) is 0. The molecule has 0 fully saturated rings. The number of fused-ring (bicyclic) bond motifs is 1. The molecule has 16 heavy (non-hydrogen) atoms. The number of nitrogens with one attached hydrogen (secondary N) is 1. The summed E-state index contributed by atoms with van der Waals surface area (Å²) in [6.07, 6.45) is -4.42. The van der Waals surface area contributed by atoms with Crippen LogP contribution in [0, 0.1) is 6.92 Å². The number of hydrogen-bond donors (Lipinski definition) is 2. The van der Waals surface area contributed by atoms with Crippen molar-refractivity contribution in [2.75, 3.05) is 5.43 Å². The summed E-state index contributed by atoms with van der Waals surface area (Å²) in [6.45, 7) is 1.67. The van der Waals surface area contributed by atoms with Crippen LogP contribution in [-0.2, 0) is 6.18 Å². The molecular weight excluding hydrogens is 239 g/mol. The van der Waals surface area contributed by atoms with Crippen molar-refractivity contribution in [3.05, 3.63) is 22.7 Å². The fraction of sp³-hybridized carbons (Fsp3) is 0.222. The van der Waals surface area contributed by atoms with Gasteiger partial charge in [-0.15, -0.1) is 11.3 Å². The van der Waals surface area contributed by atoms with Gasteiger partial charge in [0.25, 0.3) is 0 Å². The van der Waals surface area contributed by atoms with E-state index in [4.69, 9.17) is 5.84 Å². The maximum absolute atomic E-state index is 12.7. The number of benzene rings is 1. The van der Waals surface area contributed by atoms with Gasteiger partial charge in [0.05, 0.1) is 26.5 Å². The zero-order valence-corrected chi connectivity index (χ0v) is 9.04. The quantitative estimate of drug-likeness (QED) is 0.601. The second-order valence-corrected chi connectivity index (χ2v) is 4.48. The molecule has 1 aromatic heterocycles. The van der Waals surface area contributed by atoms with Gasteiger partial charge in [-0.2, -0.15) is 13.2 Å². The van der Waals surface area contributed by atoms with Crippen molar-refractivity contribution in [1.29, 1.82) is 0 Å². The number of aryl methyl sites for hydroxylation is 1. The van der Waals surface area contributed by atoms with Crippen LogP contribution in [0.4, 0.5) is 18.9 Å². The largest absolute Gasteiger partial charge is 0.418 e. The van der Waals surface area contributed by atoms with Crippen LogP contribution in [-0.4, -0.2) is 4.98 Å². The number of hydrogen-bond acceptors (Lipinski definition) is 4. The van der Waals surface area contributed by atoms with Crippen LogP contribution in [0.1, 0.15) is 10.6 Å². The monoisotopic (exact) mass is 247 g/mol. The van der Waals surface area contributed by atoms with Gasteiger partial charge in [0, 0.05) is 0 Å². The first-order chi connectivity index (χ1) is 7.41. The highest BCUT2D eigenvalue weighted by Gasteiger charge is 2.34. The van der Waals surface area contributed by atoms with Crippen molar-refractivity contribution in [3.8, 4) is 0 Å². The van der Waals surface area contributed by atoms with Crippen molar-refractivity contribution in [2.24, 2.45) is 5.84 Å². The molecule has 0 spiro atoms. The SMILES string of the molecule is Cc1nc2c(C(F)(F)F)cc(NN)cc2s1. The van der Waals surface area contributed by atoms with Gasteiger partial charge in [0.1, 0.15) is 0 Å². The number of alkyl halides is 3. The van der Waals surface area contributed by atoms with E-state index in [1.165, 1.54) is 11.3 Å². The van der Waals surface area contributed by atoms with Crippen molar-refractivity contribution < 1.29 is 13.2 Å². The zero-order chi connectivity index (χ0) is 11.9. The Hall–Kier alpha value is -1.34. The third-order valence-electron chi connectivity index (χ3n) is 2.07. The summed E-state index contributed by atoms with van der Waals surface area (Å²) in [5.41, 5.74) is 1.66. The number of aromatic nitrogens is 1. The molecule has 0 saturated heterocycles. The van der Waals surface area contributed by atoms with Crippen molar-refractivity contribution >= 4 is 27.2 Å². The lowest BCUT2D eigenvalue weighted by Gasteiger charge is -2.09. The molecule has 2 rings (SSSR count). The molecule has 0 saturated carbocycles. The zero-order valence-electron chi connectivity index (χ0n) is 8.22. The van der Waals surface area contributed by atoms with Crippen LogP contribution in [0.2, 0.25) is 0 Å². The lowest BCUT2D eigenvalue weighted by molar-refractivity contribution is -0.136. The molecule has 1 heterocycles. The predicted molar refractivity (Wildman–Crippen MR) is 57.2 cm³/mol. The molecule has 0 amide bonds. The molecule has 0 aliphatic rings. The highest BCUT2D eigenvalue weighted by Crippen LogP contribution is 2.38. The molecule has 2 aromatic rings. The second kappa shape index (κ2) is 3.60. The van der Waals surface area contributed by atoms with Crippen molar-refractivity contribution in [2.45, 2.75) is 13.1 Å². The van der Waals surface area contributed by atoms with Gasteiger partial charge in [-0.25, -0.2) is 4.98 Å². The second-order valence-electron chi connectivity index (χ2n) is 3.25. The Morgan fingerprint density at radius 3 is 2.62 bits per heavy atom. The van der Waals surface area contributed by atoms with Gasteiger partial charge in [-0.3, -0.25) is 5.84 Å². The Kier molecular flexibility index (Phi) is 2.51. The average Bonchev–Trinajstić information content (AvgIpc) is 2.54.